The monoisotopic (exact) mass is 208 g/mol. The molecule has 0 bridgehead atoms. The van der Waals surface area contributed by atoms with Gasteiger partial charge in [-0.2, -0.15) is 0 Å². The summed E-state index contributed by atoms with van der Waals surface area (Å²) in [7, 11) is 0. The lowest BCUT2D eigenvalue weighted by atomic mass is 10.1. The van der Waals surface area contributed by atoms with Crippen molar-refractivity contribution in [1.82, 2.24) is 10.2 Å². The van der Waals surface area contributed by atoms with Crippen LogP contribution in [0.4, 0.5) is 0 Å². The van der Waals surface area contributed by atoms with E-state index in [-0.39, 0.29) is 6.04 Å². The van der Waals surface area contributed by atoms with Gasteiger partial charge >= 0.3 is 0 Å². The molecule has 0 aromatic rings. The third-order valence-corrected chi connectivity index (χ3v) is 3.31. The van der Waals surface area contributed by atoms with E-state index in [0.29, 0.717) is 6.04 Å². The summed E-state index contributed by atoms with van der Waals surface area (Å²) in [6.45, 7) is 8.03. The number of terminal acetylenes is 1. The number of nitrogens with zero attached hydrogens (tertiary/aromatic N) is 1. The van der Waals surface area contributed by atoms with E-state index in [2.05, 4.69) is 30.0 Å². The molecule has 0 saturated carbocycles. The minimum atomic E-state index is 0.267. The minimum Gasteiger partial charge on any atom is -0.304 e. The van der Waals surface area contributed by atoms with Crippen LogP contribution in [0.5, 0.6) is 0 Å². The predicted octanol–water partition coefficient (Wildman–Crippen LogP) is 1.86. The Morgan fingerprint density at radius 2 is 2.20 bits per heavy atom. The first-order chi connectivity index (χ1) is 7.30. The zero-order chi connectivity index (χ0) is 11.1. The average Bonchev–Trinajstić information content (AvgIpc) is 2.50. The quantitative estimate of drug-likeness (QED) is 0.710. The van der Waals surface area contributed by atoms with Gasteiger partial charge in [-0.05, 0) is 45.3 Å². The fraction of sp³-hybridized carbons (Fsp3) is 0.846. The Labute approximate surface area is 94.4 Å². The molecule has 86 valence electrons. The highest BCUT2D eigenvalue weighted by atomic mass is 15.1. The molecule has 15 heavy (non-hydrogen) atoms. The van der Waals surface area contributed by atoms with Gasteiger partial charge < -0.3 is 10.2 Å². The van der Waals surface area contributed by atoms with Crippen molar-refractivity contribution in [3.63, 3.8) is 0 Å². The fourth-order valence-electron chi connectivity index (χ4n) is 2.21. The first-order valence-corrected chi connectivity index (χ1v) is 6.24. The van der Waals surface area contributed by atoms with Crippen LogP contribution in [0.2, 0.25) is 0 Å². The van der Waals surface area contributed by atoms with Gasteiger partial charge in [0.05, 0.1) is 6.04 Å². The van der Waals surface area contributed by atoms with E-state index in [1.165, 1.54) is 38.9 Å². The highest BCUT2D eigenvalue weighted by molar-refractivity contribution is 4.99. The van der Waals surface area contributed by atoms with Crippen LogP contribution in [0.25, 0.3) is 0 Å². The highest BCUT2D eigenvalue weighted by Crippen LogP contribution is 2.11. The zero-order valence-corrected chi connectivity index (χ0v) is 10.1. The van der Waals surface area contributed by atoms with Crippen molar-refractivity contribution in [1.29, 1.82) is 0 Å². The Morgan fingerprint density at radius 1 is 1.40 bits per heavy atom. The van der Waals surface area contributed by atoms with Gasteiger partial charge in [0.1, 0.15) is 0 Å². The van der Waals surface area contributed by atoms with Crippen LogP contribution in [0, 0.1) is 12.3 Å². The second-order valence-electron chi connectivity index (χ2n) is 4.36. The highest BCUT2D eigenvalue weighted by Gasteiger charge is 2.17. The number of rotatable bonds is 4. The van der Waals surface area contributed by atoms with Crippen molar-refractivity contribution < 1.29 is 0 Å². The molecule has 1 aliphatic heterocycles. The van der Waals surface area contributed by atoms with Crippen molar-refractivity contribution in [3.8, 4) is 12.3 Å². The molecule has 1 fully saturated rings. The zero-order valence-electron chi connectivity index (χ0n) is 10.1. The molecule has 0 aliphatic carbocycles. The van der Waals surface area contributed by atoms with E-state index in [1.807, 2.05) is 0 Å². The number of nitrogens with one attached hydrogen (secondary N) is 1. The van der Waals surface area contributed by atoms with Crippen molar-refractivity contribution in [2.75, 3.05) is 19.6 Å². The molecular formula is C13H24N2. The molecule has 0 amide bonds. The molecule has 1 rings (SSSR count). The summed E-state index contributed by atoms with van der Waals surface area (Å²) in [6, 6.07) is 0.894. The van der Waals surface area contributed by atoms with Crippen LogP contribution in [0.3, 0.4) is 0 Å². The lowest BCUT2D eigenvalue weighted by Crippen LogP contribution is -2.37. The Balaban J connectivity index is 2.34. The van der Waals surface area contributed by atoms with Crippen LogP contribution in [-0.2, 0) is 0 Å². The third-order valence-electron chi connectivity index (χ3n) is 3.31. The molecule has 2 unspecified atom stereocenters. The molecule has 2 heteroatoms. The van der Waals surface area contributed by atoms with Gasteiger partial charge in [0.2, 0.25) is 0 Å². The van der Waals surface area contributed by atoms with Crippen LogP contribution >= 0.6 is 0 Å². The third kappa shape index (κ3) is 4.24. The van der Waals surface area contributed by atoms with E-state index in [0.717, 1.165) is 6.42 Å². The lowest BCUT2D eigenvalue weighted by molar-refractivity contribution is 0.296. The molecule has 0 radical (unpaired) electrons. The van der Waals surface area contributed by atoms with Crippen molar-refractivity contribution >= 4 is 0 Å². The summed E-state index contributed by atoms with van der Waals surface area (Å²) >= 11 is 0. The summed E-state index contributed by atoms with van der Waals surface area (Å²) in [5.74, 6) is 2.82. The van der Waals surface area contributed by atoms with E-state index >= 15 is 0 Å². The van der Waals surface area contributed by atoms with Gasteiger partial charge in [-0.1, -0.05) is 19.8 Å². The molecule has 1 saturated heterocycles. The van der Waals surface area contributed by atoms with Crippen LogP contribution in [0.15, 0.2) is 0 Å². The predicted molar refractivity (Wildman–Crippen MR) is 65.8 cm³/mol. The van der Waals surface area contributed by atoms with Crippen LogP contribution < -0.4 is 5.32 Å². The number of likely N-dealkylation sites (tertiary alicyclic amines) is 1. The Morgan fingerprint density at radius 3 is 2.80 bits per heavy atom. The molecule has 1 heterocycles. The average molecular weight is 208 g/mol. The Hall–Kier alpha value is -0.520. The van der Waals surface area contributed by atoms with Gasteiger partial charge in [0.25, 0.3) is 0 Å². The number of hydrogen-bond acceptors (Lipinski definition) is 2. The molecule has 0 spiro atoms. The topological polar surface area (TPSA) is 15.3 Å². The fourth-order valence-corrected chi connectivity index (χ4v) is 2.21. The van der Waals surface area contributed by atoms with E-state index < -0.39 is 0 Å². The smallest absolute Gasteiger partial charge is 0.0686 e. The summed E-state index contributed by atoms with van der Waals surface area (Å²) in [4.78, 5) is 2.53. The van der Waals surface area contributed by atoms with Gasteiger partial charge in [0.15, 0.2) is 0 Å². The van der Waals surface area contributed by atoms with Crippen LogP contribution in [0.1, 0.15) is 39.5 Å². The molecule has 2 atom stereocenters. The first-order valence-electron chi connectivity index (χ1n) is 6.24. The SMILES string of the molecule is C#CC(CC)NC1CCCN(CC)CC1. The minimum absolute atomic E-state index is 0.267. The maximum absolute atomic E-state index is 5.47. The normalized spacial score (nSPS) is 25.5. The number of hydrogen-bond donors (Lipinski definition) is 1. The summed E-state index contributed by atoms with van der Waals surface area (Å²) in [5, 5.41) is 3.58. The van der Waals surface area contributed by atoms with Gasteiger partial charge in [-0.15, -0.1) is 6.42 Å². The van der Waals surface area contributed by atoms with Gasteiger partial charge in [0, 0.05) is 6.04 Å². The van der Waals surface area contributed by atoms with Gasteiger partial charge in [-0.3, -0.25) is 0 Å². The van der Waals surface area contributed by atoms with Gasteiger partial charge in [-0.25, -0.2) is 0 Å². The molecule has 0 aromatic heterocycles. The molecule has 2 nitrogen and oxygen atoms in total. The summed E-state index contributed by atoms with van der Waals surface area (Å²) in [6.07, 6.45) is 10.3. The Kier molecular flexibility index (Phi) is 5.75. The molecule has 0 aromatic carbocycles. The lowest BCUT2D eigenvalue weighted by Gasteiger charge is -2.21. The standard InChI is InChI=1S/C13H24N2/c1-4-12(5-2)14-13-8-7-10-15(6-3)11-9-13/h1,12-14H,5-11H2,2-3H3. The van der Waals surface area contributed by atoms with E-state index in [9.17, 15) is 0 Å². The first kappa shape index (κ1) is 12.5. The second kappa shape index (κ2) is 6.87. The summed E-state index contributed by atoms with van der Waals surface area (Å²) in [5.41, 5.74) is 0. The molecule has 1 aliphatic rings. The van der Waals surface area contributed by atoms with Crippen molar-refractivity contribution in [2.24, 2.45) is 0 Å². The second-order valence-corrected chi connectivity index (χ2v) is 4.36. The van der Waals surface area contributed by atoms with E-state index in [4.69, 9.17) is 6.42 Å². The van der Waals surface area contributed by atoms with Crippen molar-refractivity contribution in [2.45, 2.75) is 51.6 Å². The van der Waals surface area contributed by atoms with Crippen LogP contribution in [-0.4, -0.2) is 36.6 Å². The molecule has 1 N–H and O–H groups in total. The van der Waals surface area contributed by atoms with E-state index in [1.54, 1.807) is 0 Å². The Bertz CT molecular complexity index is 207. The summed E-state index contributed by atoms with van der Waals surface area (Å²) < 4.78 is 0. The largest absolute Gasteiger partial charge is 0.304 e. The molecular weight excluding hydrogens is 184 g/mol. The van der Waals surface area contributed by atoms with Crippen molar-refractivity contribution in [3.05, 3.63) is 0 Å². The maximum atomic E-state index is 5.47. The maximum Gasteiger partial charge on any atom is 0.0686 e.